The van der Waals surface area contributed by atoms with Crippen LogP contribution in [-0.2, 0) is 4.79 Å². The van der Waals surface area contributed by atoms with Crippen molar-refractivity contribution in [3.05, 3.63) is 47.3 Å². The lowest BCUT2D eigenvalue weighted by Gasteiger charge is -2.18. The SMILES string of the molecule is C=CCNC(=O)NC(=O)CSc1nc2ccccc2c(=O)n1C(C)CC. The molecule has 1 aromatic carbocycles. The first kappa shape index (κ1) is 19.7. The molecule has 2 aromatic rings. The van der Waals surface area contributed by atoms with Crippen LogP contribution >= 0.6 is 11.8 Å². The van der Waals surface area contributed by atoms with Crippen LogP contribution in [0.3, 0.4) is 0 Å². The fourth-order valence-corrected chi connectivity index (χ4v) is 3.20. The van der Waals surface area contributed by atoms with Crippen molar-refractivity contribution >= 4 is 34.6 Å². The summed E-state index contributed by atoms with van der Waals surface area (Å²) in [7, 11) is 0. The van der Waals surface area contributed by atoms with E-state index >= 15 is 0 Å². The van der Waals surface area contributed by atoms with Gasteiger partial charge in [-0.25, -0.2) is 9.78 Å². The van der Waals surface area contributed by atoms with E-state index in [-0.39, 0.29) is 23.9 Å². The monoisotopic (exact) mass is 374 g/mol. The molecule has 1 unspecified atom stereocenters. The van der Waals surface area contributed by atoms with Crippen LogP contribution in [0.1, 0.15) is 26.3 Å². The number of benzene rings is 1. The van der Waals surface area contributed by atoms with Crippen LogP contribution in [0.5, 0.6) is 0 Å². The number of hydrogen-bond acceptors (Lipinski definition) is 5. The number of thioether (sulfide) groups is 1. The number of rotatable bonds is 7. The van der Waals surface area contributed by atoms with Gasteiger partial charge in [-0.15, -0.1) is 6.58 Å². The molecule has 3 amide bonds. The molecule has 0 saturated heterocycles. The van der Waals surface area contributed by atoms with E-state index in [4.69, 9.17) is 0 Å². The molecule has 1 atom stereocenters. The highest BCUT2D eigenvalue weighted by atomic mass is 32.2. The quantitative estimate of drug-likeness (QED) is 0.441. The second-order valence-corrected chi connectivity index (χ2v) is 6.62. The van der Waals surface area contributed by atoms with Crippen molar-refractivity contribution < 1.29 is 9.59 Å². The number of fused-ring (bicyclic) bond motifs is 1. The van der Waals surface area contributed by atoms with Crippen LogP contribution in [0.25, 0.3) is 10.9 Å². The molecule has 138 valence electrons. The molecule has 2 rings (SSSR count). The topological polar surface area (TPSA) is 93.1 Å². The highest BCUT2D eigenvalue weighted by Gasteiger charge is 2.17. The van der Waals surface area contributed by atoms with Gasteiger partial charge in [-0.05, 0) is 25.5 Å². The van der Waals surface area contributed by atoms with Crippen molar-refractivity contribution in [3.63, 3.8) is 0 Å². The Labute approximate surface area is 155 Å². The van der Waals surface area contributed by atoms with Crippen LogP contribution in [0.2, 0.25) is 0 Å². The van der Waals surface area contributed by atoms with Gasteiger partial charge in [0, 0.05) is 12.6 Å². The molecule has 0 bridgehead atoms. The molecule has 0 fully saturated rings. The van der Waals surface area contributed by atoms with E-state index < -0.39 is 11.9 Å². The normalized spacial score (nSPS) is 11.8. The van der Waals surface area contributed by atoms with Gasteiger partial charge in [0.1, 0.15) is 0 Å². The van der Waals surface area contributed by atoms with Gasteiger partial charge in [0.15, 0.2) is 5.16 Å². The molecule has 7 nitrogen and oxygen atoms in total. The number of aromatic nitrogens is 2. The molecule has 26 heavy (non-hydrogen) atoms. The lowest BCUT2D eigenvalue weighted by molar-refractivity contribution is -0.117. The van der Waals surface area contributed by atoms with Crippen molar-refractivity contribution in [3.8, 4) is 0 Å². The summed E-state index contributed by atoms with van der Waals surface area (Å²) < 4.78 is 1.61. The van der Waals surface area contributed by atoms with Gasteiger partial charge in [-0.2, -0.15) is 0 Å². The molecule has 0 spiro atoms. The lowest BCUT2D eigenvalue weighted by Crippen LogP contribution is -2.40. The third-order valence-corrected chi connectivity index (χ3v) is 4.75. The van der Waals surface area contributed by atoms with Crippen LogP contribution in [0, 0.1) is 0 Å². The zero-order chi connectivity index (χ0) is 19.1. The molecule has 0 radical (unpaired) electrons. The van der Waals surface area contributed by atoms with E-state index in [0.29, 0.717) is 16.1 Å². The van der Waals surface area contributed by atoms with Gasteiger partial charge in [0.25, 0.3) is 5.56 Å². The summed E-state index contributed by atoms with van der Waals surface area (Å²) in [5, 5.41) is 5.70. The van der Waals surface area contributed by atoms with E-state index in [1.807, 2.05) is 19.9 Å². The summed E-state index contributed by atoms with van der Waals surface area (Å²) in [6, 6.07) is 6.49. The lowest BCUT2D eigenvalue weighted by atomic mass is 10.2. The minimum absolute atomic E-state index is 0.0251. The summed E-state index contributed by atoms with van der Waals surface area (Å²) in [6.07, 6.45) is 2.27. The van der Waals surface area contributed by atoms with E-state index in [0.717, 1.165) is 18.2 Å². The summed E-state index contributed by atoms with van der Waals surface area (Å²) in [4.78, 5) is 40.8. The van der Waals surface area contributed by atoms with Crippen molar-refractivity contribution in [1.82, 2.24) is 20.2 Å². The molecule has 0 aliphatic carbocycles. The number of imide groups is 1. The molecule has 8 heteroatoms. The standard InChI is InChI=1S/C18H22N4O3S/c1-4-10-19-17(25)21-15(23)11-26-18-20-14-9-7-6-8-13(14)16(24)22(18)12(3)5-2/h4,6-9,12H,1,5,10-11H2,2-3H3,(H2,19,21,23,25). The third kappa shape index (κ3) is 4.72. The Balaban J connectivity index is 2.22. The summed E-state index contributed by atoms with van der Waals surface area (Å²) in [6.45, 7) is 7.67. The zero-order valence-corrected chi connectivity index (χ0v) is 15.6. The minimum Gasteiger partial charge on any atom is -0.334 e. The molecular weight excluding hydrogens is 352 g/mol. The van der Waals surface area contributed by atoms with E-state index in [9.17, 15) is 14.4 Å². The molecule has 0 saturated carbocycles. The first-order valence-corrected chi connectivity index (χ1v) is 9.29. The fraction of sp³-hybridized carbons (Fsp3) is 0.333. The number of carbonyl (C=O) groups excluding carboxylic acids is 2. The van der Waals surface area contributed by atoms with Crippen molar-refractivity contribution in [2.24, 2.45) is 0 Å². The molecule has 1 heterocycles. The smallest absolute Gasteiger partial charge is 0.321 e. The van der Waals surface area contributed by atoms with Gasteiger partial charge in [0.2, 0.25) is 5.91 Å². The minimum atomic E-state index is -0.582. The first-order chi connectivity index (χ1) is 12.5. The predicted octanol–water partition coefficient (Wildman–Crippen LogP) is 2.47. The Morgan fingerprint density at radius 3 is 2.81 bits per heavy atom. The number of amides is 3. The molecular formula is C18H22N4O3S. The molecule has 0 aliphatic heterocycles. The number of carbonyl (C=O) groups is 2. The fourth-order valence-electron chi connectivity index (χ4n) is 2.30. The average molecular weight is 374 g/mol. The Morgan fingerprint density at radius 2 is 2.12 bits per heavy atom. The van der Waals surface area contributed by atoms with E-state index in [1.54, 1.807) is 22.8 Å². The maximum Gasteiger partial charge on any atom is 0.321 e. The Morgan fingerprint density at radius 1 is 1.38 bits per heavy atom. The van der Waals surface area contributed by atoms with Crippen molar-refractivity contribution in [2.75, 3.05) is 12.3 Å². The van der Waals surface area contributed by atoms with Crippen molar-refractivity contribution in [2.45, 2.75) is 31.5 Å². The molecule has 0 aliphatic rings. The van der Waals surface area contributed by atoms with Gasteiger partial charge in [-0.1, -0.05) is 36.9 Å². The summed E-state index contributed by atoms with van der Waals surface area (Å²) in [5.74, 6) is -0.488. The van der Waals surface area contributed by atoms with Crippen LogP contribution < -0.4 is 16.2 Å². The number of hydrogen-bond donors (Lipinski definition) is 2. The average Bonchev–Trinajstić information content (AvgIpc) is 2.64. The van der Waals surface area contributed by atoms with Gasteiger partial charge < -0.3 is 5.32 Å². The first-order valence-electron chi connectivity index (χ1n) is 8.30. The van der Waals surface area contributed by atoms with Crippen molar-refractivity contribution in [1.29, 1.82) is 0 Å². The van der Waals surface area contributed by atoms with Gasteiger partial charge in [-0.3, -0.25) is 19.5 Å². The second-order valence-electron chi connectivity index (χ2n) is 5.68. The maximum absolute atomic E-state index is 12.8. The Kier molecular flexibility index (Phi) is 6.97. The van der Waals surface area contributed by atoms with Crippen LogP contribution in [0.4, 0.5) is 4.79 Å². The van der Waals surface area contributed by atoms with E-state index in [2.05, 4.69) is 22.2 Å². The Hall–Kier alpha value is -2.61. The number of nitrogens with zero attached hydrogens (tertiary/aromatic N) is 2. The number of nitrogens with one attached hydrogen (secondary N) is 2. The highest BCUT2D eigenvalue weighted by Crippen LogP contribution is 2.22. The molecule has 2 N–H and O–H groups in total. The summed E-state index contributed by atoms with van der Waals surface area (Å²) in [5.41, 5.74) is 0.459. The highest BCUT2D eigenvalue weighted by molar-refractivity contribution is 7.99. The molecule has 1 aromatic heterocycles. The van der Waals surface area contributed by atoms with Crippen LogP contribution in [0.15, 0.2) is 46.9 Å². The summed E-state index contributed by atoms with van der Waals surface area (Å²) >= 11 is 1.13. The number of para-hydroxylation sites is 1. The van der Waals surface area contributed by atoms with Crippen LogP contribution in [-0.4, -0.2) is 33.8 Å². The van der Waals surface area contributed by atoms with Gasteiger partial charge >= 0.3 is 6.03 Å². The Bertz CT molecular complexity index is 878. The van der Waals surface area contributed by atoms with Gasteiger partial charge in [0.05, 0.1) is 16.7 Å². The largest absolute Gasteiger partial charge is 0.334 e. The maximum atomic E-state index is 12.8. The third-order valence-electron chi connectivity index (χ3n) is 3.80. The van der Waals surface area contributed by atoms with E-state index in [1.165, 1.54) is 6.08 Å². The number of urea groups is 1. The predicted molar refractivity (Wildman–Crippen MR) is 103 cm³/mol. The second kappa shape index (κ2) is 9.19. The zero-order valence-electron chi connectivity index (χ0n) is 14.8.